The van der Waals surface area contributed by atoms with Gasteiger partial charge in [0, 0.05) is 12.8 Å². The van der Waals surface area contributed by atoms with E-state index in [1.54, 1.807) is 0 Å². The maximum Gasteiger partial charge on any atom is 0.342 e. The van der Waals surface area contributed by atoms with Crippen LogP contribution in [-0.4, -0.2) is 33.3 Å². The molecule has 17 heavy (non-hydrogen) atoms. The average Bonchev–Trinajstić information content (AvgIpc) is 2.76. The second kappa shape index (κ2) is 4.54. The summed E-state index contributed by atoms with van der Waals surface area (Å²) in [6.07, 6.45) is 2.37. The SMILES string of the molecule is O=C(O)c1c[nH]c(=O)n(C[C@H]2CCCO2)c1=O. The summed E-state index contributed by atoms with van der Waals surface area (Å²) >= 11 is 0. The molecular formula is C10H12N2O5. The summed E-state index contributed by atoms with van der Waals surface area (Å²) in [6, 6.07) is 0. The van der Waals surface area contributed by atoms with Gasteiger partial charge in [0.05, 0.1) is 12.6 Å². The van der Waals surface area contributed by atoms with E-state index in [9.17, 15) is 14.4 Å². The fraction of sp³-hybridized carbons (Fsp3) is 0.500. The van der Waals surface area contributed by atoms with Gasteiger partial charge in [0.1, 0.15) is 5.56 Å². The van der Waals surface area contributed by atoms with Gasteiger partial charge in [-0.1, -0.05) is 0 Å². The van der Waals surface area contributed by atoms with Crippen LogP contribution in [0, 0.1) is 0 Å². The number of carboxylic acid groups (broad SMARTS) is 1. The molecule has 1 aromatic heterocycles. The van der Waals surface area contributed by atoms with E-state index < -0.39 is 22.8 Å². The Bertz CT molecular complexity index is 538. The van der Waals surface area contributed by atoms with E-state index in [0.717, 1.165) is 23.6 Å². The normalized spacial score (nSPS) is 19.4. The Morgan fingerprint density at radius 2 is 2.35 bits per heavy atom. The first-order valence-corrected chi connectivity index (χ1v) is 5.27. The van der Waals surface area contributed by atoms with Crippen molar-refractivity contribution < 1.29 is 14.6 Å². The quantitative estimate of drug-likeness (QED) is 0.735. The van der Waals surface area contributed by atoms with Crippen LogP contribution in [0.15, 0.2) is 15.8 Å². The lowest BCUT2D eigenvalue weighted by atomic mass is 10.2. The molecule has 0 amide bonds. The number of nitrogens with zero attached hydrogens (tertiary/aromatic N) is 1. The minimum Gasteiger partial charge on any atom is -0.477 e. The molecule has 2 heterocycles. The third-order valence-electron chi connectivity index (χ3n) is 2.70. The summed E-state index contributed by atoms with van der Waals surface area (Å²) < 4.78 is 6.18. The molecule has 0 spiro atoms. The van der Waals surface area contributed by atoms with Crippen LogP contribution in [0.4, 0.5) is 0 Å². The molecule has 0 aliphatic carbocycles. The largest absolute Gasteiger partial charge is 0.477 e. The van der Waals surface area contributed by atoms with Gasteiger partial charge in [-0.3, -0.25) is 9.36 Å². The number of carbonyl (C=O) groups is 1. The lowest BCUT2D eigenvalue weighted by Crippen LogP contribution is -2.40. The Hall–Kier alpha value is -1.89. The Morgan fingerprint density at radius 1 is 1.59 bits per heavy atom. The van der Waals surface area contributed by atoms with Crippen molar-refractivity contribution >= 4 is 5.97 Å². The molecule has 2 rings (SSSR count). The highest BCUT2D eigenvalue weighted by atomic mass is 16.5. The van der Waals surface area contributed by atoms with Gasteiger partial charge in [0.25, 0.3) is 5.56 Å². The standard InChI is InChI=1S/C10H12N2O5/c13-8-7(9(14)15)4-11-10(16)12(8)5-6-2-1-3-17-6/h4,6H,1-3,5H2,(H,11,16)(H,14,15)/t6-/m1/s1. The monoisotopic (exact) mass is 240 g/mol. The topological polar surface area (TPSA) is 101 Å². The molecule has 1 atom stereocenters. The fourth-order valence-corrected chi connectivity index (χ4v) is 1.82. The van der Waals surface area contributed by atoms with E-state index in [0.29, 0.717) is 6.61 Å². The van der Waals surface area contributed by atoms with Crippen molar-refractivity contribution in [2.75, 3.05) is 6.61 Å². The summed E-state index contributed by atoms with van der Waals surface area (Å²) in [5, 5.41) is 8.78. The Morgan fingerprint density at radius 3 is 2.94 bits per heavy atom. The van der Waals surface area contributed by atoms with Gasteiger partial charge in [-0.05, 0) is 12.8 Å². The second-order valence-corrected chi connectivity index (χ2v) is 3.86. The summed E-state index contributed by atoms with van der Waals surface area (Å²) in [4.78, 5) is 36.2. The number of ether oxygens (including phenoxy) is 1. The molecule has 7 nitrogen and oxygen atoms in total. The molecule has 7 heteroatoms. The van der Waals surface area contributed by atoms with Crippen molar-refractivity contribution in [2.24, 2.45) is 0 Å². The number of hydrogen-bond acceptors (Lipinski definition) is 4. The lowest BCUT2D eigenvalue weighted by molar-refractivity contribution is 0.0690. The van der Waals surface area contributed by atoms with Gasteiger partial charge in [0.2, 0.25) is 0 Å². The molecule has 1 fully saturated rings. The highest BCUT2D eigenvalue weighted by Gasteiger charge is 2.20. The number of aromatic amines is 1. The van der Waals surface area contributed by atoms with Crippen molar-refractivity contribution in [2.45, 2.75) is 25.5 Å². The van der Waals surface area contributed by atoms with Crippen molar-refractivity contribution in [3.8, 4) is 0 Å². The number of carboxylic acids is 1. The number of nitrogens with one attached hydrogen (secondary N) is 1. The number of rotatable bonds is 3. The van der Waals surface area contributed by atoms with E-state index in [1.165, 1.54) is 0 Å². The zero-order chi connectivity index (χ0) is 12.4. The molecule has 0 aromatic carbocycles. The molecule has 0 unspecified atom stereocenters. The predicted octanol–water partition coefficient (Wildman–Crippen LogP) is -0.586. The van der Waals surface area contributed by atoms with Crippen molar-refractivity contribution in [3.05, 3.63) is 32.6 Å². The zero-order valence-corrected chi connectivity index (χ0v) is 9.01. The molecule has 1 aromatic rings. The summed E-state index contributed by atoms with van der Waals surface area (Å²) in [5.41, 5.74) is -1.85. The van der Waals surface area contributed by atoms with E-state index >= 15 is 0 Å². The molecule has 0 bridgehead atoms. The van der Waals surface area contributed by atoms with Crippen molar-refractivity contribution in [3.63, 3.8) is 0 Å². The first-order valence-electron chi connectivity index (χ1n) is 5.27. The molecule has 0 radical (unpaired) electrons. The van der Waals surface area contributed by atoms with Gasteiger partial charge in [0.15, 0.2) is 0 Å². The fourth-order valence-electron chi connectivity index (χ4n) is 1.82. The van der Waals surface area contributed by atoms with Gasteiger partial charge >= 0.3 is 11.7 Å². The first-order chi connectivity index (χ1) is 8.09. The van der Waals surface area contributed by atoms with Crippen LogP contribution >= 0.6 is 0 Å². The van der Waals surface area contributed by atoms with E-state index in [1.807, 2.05) is 0 Å². The van der Waals surface area contributed by atoms with Crippen molar-refractivity contribution in [1.82, 2.24) is 9.55 Å². The summed E-state index contributed by atoms with van der Waals surface area (Å²) in [5.74, 6) is -1.35. The van der Waals surface area contributed by atoms with Crippen LogP contribution < -0.4 is 11.2 Å². The molecule has 0 saturated carbocycles. The number of aromatic carboxylic acids is 1. The van der Waals surface area contributed by atoms with E-state index in [4.69, 9.17) is 9.84 Å². The molecule has 1 aliphatic heterocycles. The molecule has 1 aliphatic rings. The third-order valence-corrected chi connectivity index (χ3v) is 2.70. The molecular weight excluding hydrogens is 228 g/mol. The smallest absolute Gasteiger partial charge is 0.342 e. The van der Waals surface area contributed by atoms with Gasteiger partial charge < -0.3 is 14.8 Å². The Kier molecular flexibility index (Phi) is 3.10. The highest BCUT2D eigenvalue weighted by molar-refractivity contribution is 5.86. The number of hydrogen-bond donors (Lipinski definition) is 2. The summed E-state index contributed by atoms with van der Waals surface area (Å²) in [7, 11) is 0. The Labute approximate surface area is 95.7 Å². The maximum absolute atomic E-state index is 11.7. The van der Waals surface area contributed by atoms with Crippen molar-refractivity contribution in [1.29, 1.82) is 0 Å². The van der Waals surface area contributed by atoms with Gasteiger partial charge in [-0.15, -0.1) is 0 Å². The van der Waals surface area contributed by atoms with Crippen LogP contribution in [0.25, 0.3) is 0 Å². The highest BCUT2D eigenvalue weighted by Crippen LogP contribution is 2.12. The lowest BCUT2D eigenvalue weighted by Gasteiger charge is -2.10. The Balaban J connectivity index is 2.38. The van der Waals surface area contributed by atoms with Crippen LogP contribution in [-0.2, 0) is 11.3 Å². The van der Waals surface area contributed by atoms with Crippen LogP contribution in [0.2, 0.25) is 0 Å². The average molecular weight is 240 g/mol. The van der Waals surface area contributed by atoms with Crippen LogP contribution in [0.1, 0.15) is 23.2 Å². The molecule has 92 valence electrons. The van der Waals surface area contributed by atoms with Gasteiger partial charge in [-0.2, -0.15) is 0 Å². The molecule has 2 N–H and O–H groups in total. The zero-order valence-electron chi connectivity index (χ0n) is 9.01. The minimum absolute atomic E-state index is 0.0925. The van der Waals surface area contributed by atoms with E-state index in [-0.39, 0.29) is 12.6 Å². The first kappa shape index (κ1) is 11.6. The second-order valence-electron chi connectivity index (χ2n) is 3.86. The summed E-state index contributed by atoms with van der Waals surface area (Å²) in [6.45, 7) is 0.700. The number of aromatic nitrogens is 2. The minimum atomic E-state index is -1.35. The van der Waals surface area contributed by atoms with Crippen LogP contribution in [0.3, 0.4) is 0 Å². The number of H-pyrrole nitrogens is 1. The third kappa shape index (κ3) is 2.28. The maximum atomic E-state index is 11.7. The van der Waals surface area contributed by atoms with Gasteiger partial charge in [-0.25, -0.2) is 9.59 Å². The van der Waals surface area contributed by atoms with Crippen LogP contribution in [0.5, 0.6) is 0 Å². The predicted molar refractivity (Wildman–Crippen MR) is 57.3 cm³/mol. The van der Waals surface area contributed by atoms with E-state index in [2.05, 4.69) is 4.98 Å². The molecule has 1 saturated heterocycles.